The molecule has 1 atom stereocenters. The van der Waals surface area contributed by atoms with Crippen molar-refractivity contribution in [2.24, 2.45) is 0 Å². The van der Waals surface area contributed by atoms with Gasteiger partial charge in [0.15, 0.2) is 11.3 Å². The van der Waals surface area contributed by atoms with Crippen LogP contribution in [0.3, 0.4) is 0 Å². The normalized spacial score (nSPS) is 16.6. The van der Waals surface area contributed by atoms with Crippen molar-refractivity contribution in [2.75, 3.05) is 21.3 Å². The molecule has 6 heteroatoms. The van der Waals surface area contributed by atoms with E-state index in [0.717, 1.165) is 11.1 Å². The molecule has 1 aliphatic heterocycles. The van der Waals surface area contributed by atoms with Gasteiger partial charge < -0.3 is 23.4 Å². The third kappa shape index (κ3) is 3.12. The maximum absolute atomic E-state index is 13.8. The average Bonchev–Trinajstić information content (AvgIpc) is 2.98. The van der Waals surface area contributed by atoms with Crippen molar-refractivity contribution in [3.63, 3.8) is 0 Å². The first-order valence-corrected chi connectivity index (χ1v) is 10.7. The standard InChI is InChI=1S/C26H30O6/c1-13(2)9-10-15-11-16-21(27)19-17(32-23(16)25(30-8)22(15)28-6)12-18-20(24(19)29-7)26(4,5)14(3)31-18/h9,11-12,14H,10H2,1-8H3. The molecule has 0 fully saturated rings. The van der Waals surface area contributed by atoms with Crippen molar-refractivity contribution in [2.45, 2.75) is 52.6 Å². The van der Waals surface area contributed by atoms with Crippen LogP contribution in [0.5, 0.6) is 23.0 Å². The second-order valence-electron chi connectivity index (χ2n) is 9.03. The highest BCUT2D eigenvalue weighted by atomic mass is 16.5. The highest BCUT2D eigenvalue weighted by Gasteiger charge is 2.43. The fourth-order valence-corrected chi connectivity index (χ4v) is 4.42. The molecule has 6 nitrogen and oxygen atoms in total. The summed E-state index contributed by atoms with van der Waals surface area (Å²) in [6.07, 6.45) is 2.62. The van der Waals surface area contributed by atoms with Crippen molar-refractivity contribution in [1.29, 1.82) is 0 Å². The molecule has 0 saturated heterocycles. The van der Waals surface area contributed by atoms with Gasteiger partial charge in [0.2, 0.25) is 11.2 Å². The second kappa shape index (κ2) is 7.76. The second-order valence-corrected chi connectivity index (χ2v) is 9.03. The van der Waals surface area contributed by atoms with Crippen LogP contribution in [0, 0.1) is 0 Å². The molecule has 0 N–H and O–H groups in total. The van der Waals surface area contributed by atoms with Crippen molar-refractivity contribution >= 4 is 21.9 Å². The number of allylic oxidation sites excluding steroid dienone is 2. The van der Waals surface area contributed by atoms with Gasteiger partial charge >= 0.3 is 0 Å². The van der Waals surface area contributed by atoms with Gasteiger partial charge in [-0.1, -0.05) is 25.5 Å². The Bertz CT molecular complexity index is 1310. The number of rotatable bonds is 5. The zero-order chi connectivity index (χ0) is 23.4. The molecule has 3 aromatic rings. The number of ether oxygens (including phenoxy) is 4. The molecule has 0 spiro atoms. The first-order chi connectivity index (χ1) is 15.1. The Morgan fingerprint density at radius 1 is 1.06 bits per heavy atom. The monoisotopic (exact) mass is 438 g/mol. The van der Waals surface area contributed by atoms with Crippen molar-refractivity contribution < 1.29 is 23.4 Å². The first-order valence-electron chi connectivity index (χ1n) is 10.7. The minimum atomic E-state index is -0.317. The van der Waals surface area contributed by atoms with Crippen molar-refractivity contribution in [1.82, 2.24) is 0 Å². The third-order valence-electron chi connectivity index (χ3n) is 6.47. The molecule has 1 aliphatic rings. The number of fused-ring (bicyclic) bond motifs is 3. The molecule has 0 bridgehead atoms. The van der Waals surface area contributed by atoms with Gasteiger partial charge in [-0.25, -0.2) is 0 Å². The van der Waals surface area contributed by atoms with E-state index in [4.69, 9.17) is 23.4 Å². The van der Waals surface area contributed by atoms with Gasteiger partial charge in [-0.15, -0.1) is 0 Å². The molecule has 1 unspecified atom stereocenters. The highest BCUT2D eigenvalue weighted by Crippen LogP contribution is 2.51. The van der Waals surface area contributed by atoms with E-state index in [1.807, 2.05) is 26.8 Å². The maximum Gasteiger partial charge on any atom is 0.205 e. The minimum absolute atomic E-state index is 0.0713. The van der Waals surface area contributed by atoms with Gasteiger partial charge in [-0.05, 0) is 33.3 Å². The zero-order valence-corrected chi connectivity index (χ0v) is 20.0. The molecule has 0 saturated carbocycles. The summed E-state index contributed by atoms with van der Waals surface area (Å²) < 4.78 is 29.5. The predicted octanol–water partition coefficient (Wildman–Crippen LogP) is 5.54. The van der Waals surface area contributed by atoms with E-state index in [1.165, 1.54) is 5.57 Å². The largest absolute Gasteiger partial charge is 0.495 e. The SMILES string of the molecule is COc1c(CC=C(C)C)cc2c(=O)c3c(OC)c4c(cc3oc2c1OC)OC(C)C4(C)C. The lowest BCUT2D eigenvalue weighted by Gasteiger charge is -2.24. The number of benzene rings is 2. The minimum Gasteiger partial charge on any atom is -0.495 e. The molecule has 2 aromatic carbocycles. The van der Waals surface area contributed by atoms with E-state index in [1.54, 1.807) is 27.4 Å². The summed E-state index contributed by atoms with van der Waals surface area (Å²) in [7, 11) is 4.71. The van der Waals surface area contributed by atoms with Gasteiger partial charge in [0.05, 0.1) is 26.7 Å². The predicted molar refractivity (Wildman–Crippen MR) is 126 cm³/mol. The fourth-order valence-electron chi connectivity index (χ4n) is 4.42. The van der Waals surface area contributed by atoms with E-state index in [2.05, 4.69) is 19.9 Å². The van der Waals surface area contributed by atoms with Crippen LogP contribution in [-0.4, -0.2) is 27.4 Å². The van der Waals surface area contributed by atoms with E-state index in [9.17, 15) is 4.79 Å². The molecular weight excluding hydrogens is 408 g/mol. The Morgan fingerprint density at radius 2 is 1.72 bits per heavy atom. The molecule has 0 amide bonds. The fraction of sp³-hybridized carbons (Fsp3) is 0.423. The van der Waals surface area contributed by atoms with Crippen LogP contribution < -0.4 is 24.4 Å². The summed E-state index contributed by atoms with van der Waals surface area (Å²) in [5, 5.41) is 0.834. The Hall–Kier alpha value is -3.15. The van der Waals surface area contributed by atoms with Gasteiger partial charge in [0, 0.05) is 22.6 Å². The highest BCUT2D eigenvalue weighted by molar-refractivity contribution is 5.98. The first kappa shape index (κ1) is 22.1. The topological polar surface area (TPSA) is 67.1 Å². The van der Waals surface area contributed by atoms with E-state index in [0.29, 0.717) is 51.4 Å². The summed E-state index contributed by atoms with van der Waals surface area (Å²) in [6.45, 7) is 10.3. The average molecular weight is 439 g/mol. The van der Waals surface area contributed by atoms with Crippen LogP contribution in [0.1, 0.15) is 45.7 Å². The van der Waals surface area contributed by atoms with Crippen LogP contribution in [-0.2, 0) is 11.8 Å². The summed E-state index contributed by atoms with van der Waals surface area (Å²) >= 11 is 0. The van der Waals surface area contributed by atoms with E-state index in [-0.39, 0.29) is 16.9 Å². The van der Waals surface area contributed by atoms with Crippen LogP contribution in [0.15, 0.2) is 33.0 Å². The quantitative estimate of drug-likeness (QED) is 0.385. The third-order valence-corrected chi connectivity index (χ3v) is 6.47. The van der Waals surface area contributed by atoms with Gasteiger partial charge in [0.25, 0.3) is 0 Å². The molecule has 2 heterocycles. The van der Waals surface area contributed by atoms with Gasteiger partial charge in [-0.2, -0.15) is 0 Å². The molecule has 170 valence electrons. The lowest BCUT2D eigenvalue weighted by molar-refractivity contribution is 0.185. The maximum atomic E-state index is 13.8. The molecule has 32 heavy (non-hydrogen) atoms. The van der Waals surface area contributed by atoms with Crippen molar-refractivity contribution in [3.05, 3.63) is 45.1 Å². The summed E-state index contributed by atoms with van der Waals surface area (Å²) in [5.41, 5.74) is 3.15. The molecule has 0 radical (unpaired) electrons. The Balaban J connectivity index is 2.15. The lowest BCUT2D eigenvalue weighted by Crippen LogP contribution is -2.29. The lowest BCUT2D eigenvalue weighted by atomic mass is 9.80. The Kier molecular flexibility index (Phi) is 5.35. The summed E-state index contributed by atoms with van der Waals surface area (Å²) in [5.74, 6) is 2.12. The zero-order valence-electron chi connectivity index (χ0n) is 20.0. The molecule has 1 aromatic heterocycles. The summed E-state index contributed by atoms with van der Waals surface area (Å²) in [4.78, 5) is 13.8. The van der Waals surface area contributed by atoms with Crippen LogP contribution in [0.2, 0.25) is 0 Å². The molecule has 0 aliphatic carbocycles. The van der Waals surface area contributed by atoms with E-state index < -0.39 is 0 Å². The molecular formula is C26H30O6. The van der Waals surface area contributed by atoms with E-state index >= 15 is 0 Å². The smallest absolute Gasteiger partial charge is 0.205 e. The van der Waals surface area contributed by atoms with Crippen LogP contribution in [0.25, 0.3) is 21.9 Å². The van der Waals surface area contributed by atoms with Gasteiger partial charge in [0.1, 0.15) is 28.6 Å². The number of hydrogen-bond acceptors (Lipinski definition) is 6. The summed E-state index contributed by atoms with van der Waals surface area (Å²) in [6, 6.07) is 3.61. The van der Waals surface area contributed by atoms with Crippen LogP contribution in [0.4, 0.5) is 0 Å². The number of methoxy groups -OCH3 is 3. The number of hydrogen-bond donors (Lipinski definition) is 0. The Labute approximate surface area is 187 Å². The Morgan fingerprint density at radius 3 is 2.31 bits per heavy atom. The van der Waals surface area contributed by atoms with Crippen molar-refractivity contribution in [3.8, 4) is 23.0 Å². The van der Waals surface area contributed by atoms with Gasteiger partial charge in [-0.3, -0.25) is 4.79 Å². The van der Waals surface area contributed by atoms with Crippen LogP contribution >= 0.6 is 0 Å². The molecule has 4 rings (SSSR count).